The van der Waals surface area contributed by atoms with Crippen LogP contribution in [-0.4, -0.2) is 26.0 Å². The van der Waals surface area contributed by atoms with E-state index in [1.807, 2.05) is 24.3 Å². The van der Waals surface area contributed by atoms with Crippen molar-refractivity contribution in [1.29, 1.82) is 0 Å². The number of carbonyl (C=O) groups excluding carboxylic acids is 1. The van der Waals surface area contributed by atoms with E-state index in [2.05, 4.69) is 36.2 Å². The van der Waals surface area contributed by atoms with E-state index < -0.39 is 0 Å². The molecule has 2 N–H and O–H groups in total. The van der Waals surface area contributed by atoms with Gasteiger partial charge < -0.3 is 15.2 Å². The minimum absolute atomic E-state index is 0.133. The molecule has 2 heterocycles. The van der Waals surface area contributed by atoms with Gasteiger partial charge in [-0.15, -0.1) is 0 Å². The summed E-state index contributed by atoms with van der Waals surface area (Å²) in [5.41, 5.74) is 1.49. The summed E-state index contributed by atoms with van der Waals surface area (Å²) in [5, 5.41) is 12.3. The van der Waals surface area contributed by atoms with Crippen LogP contribution in [0.1, 0.15) is 10.4 Å². The van der Waals surface area contributed by atoms with Crippen LogP contribution in [0, 0.1) is 0 Å². The Balaban J connectivity index is 1.41. The van der Waals surface area contributed by atoms with E-state index in [-0.39, 0.29) is 11.7 Å². The lowest BCUT2D eigenvalue weighted by Crippen LogP contribution is -2.12. The molecule has 0 aliphatic rings. The molecule has 2 aromatic heterocycles. The van der Waals surface area contributed by atoms with Gasteiger partial charge in [0.1, 0.15) is 11.5 Å². The third kappa shape index (κ3) is 4.79. The molecular weight excluding hydrogens is 448 g/mol. The minimum Gasteiger partial charge on any atom is -0.508 e. The largest absolute Gasteiger partial charge is 0.508 e. The van der Waals surface area contributed by atoms with Crippen molar-refractivity contribution < 1.29 is 14.6 Å². The lowest BCUT2D eigenvalue weighted by atomic mass is 10.2. The number of halogens is 1. The van der Waals surface area contributed by atoms with E-state index in [9.17, 15) is 9.90 Å². The fourth-order valence-electron chi connectivity index (χ4n) is 2.62. The zero-order valence-corrected chi connectivity index (χ0v) is 17.1. The number of hydrogen-bond acceptors (Lipinski definition) is 6. The first-order valence-corrected chi connectivity index (χ1v) is 9.68. The maximum atomic E-state index is 12.4. The molecule has 148 valence electrons. The molecule has 1 amide bonds. The van der Waals surface area contributed by atoms with E-state index in [0.717, 1.165) is 4.47 Å². The summed E-state index contributed by atoms with van der Waals surface area (Å²) in [4.78, 5) is 25.1. The number of aromatic nitrogens is 3. The fourth-order valence-corrected chi connectivity index (χ4v) is 2.99. The number of rotatable bonds is 5. The van der Waals surface area contributed by atoms with Gasteiger partial charge in [0.2, 0.25) is 5.88 Å². The normalized spacial score (nSPS) is 10.4. The van der Waals surface area contributed by atoms with Gasteiger partial charge in [0.25, 0.3) is 5.91 Å². The summed E-state index contributed by atoms with van der Waals surface area (Å²) in [6.45, 7) is 0. The molecular formula is C22H15BrN4O3. The van der Waals surface area contributed by atoms with Gasteiger partial charge in [-0.3, -0.25) is 4.79 Å². The molecule has 0 saturated heterocycles. The van der Waals surface area contributed by atoms with Gasteiger partial charge in [0.05, 0.1) is 23.6 Å². The predicted octanol–water partition coefficient (Wildman–Crippen LogP) is 5.05. The lowest BCUT2D eigenvalue weighted by Gasteiger charge is -2.07. The number of ether oxygens (including phenoxy) is 1. The highest BCUT2D eigenvalue weighted by Gasteiger charge is 2.09. The number of phenolic OH excluding ortho intramolecular Hbond substituents is 1. The molecule has 2 aromatic carbocycles. The van der Waals surface area contributed by atoms with Crippen LogP contribution < -0.4 is 10.1 Å². The van der Waals surface area contributed by atoms with Crippen molar-refractivity contribution in [2.24, 2.45) is 0 Å². The Bertz CT molecular complexity index is 1180. The number of amides is 1. The number of nitrogens with one attached hydrogen (secondary N) is 1. The predicted molar refractivity (Wildman–Crippen MR) is 116 cm³/mol. The SMILES string of the molecule is O=C(Nc1cnc(-c2cccc(O)c2)nc1)c1ccc(Oc2cccc(Br)c2)nc1. The maximum absolute atomic E-state index is 12.4. The number of pyridine rings is 1. The number of anilines is 1. The Morgan fingerprint density at radius 2 is 1.73 bits per heavy atom. The molecule has 0 fully saturated rings. The molecule has 30 heavy (non-hydrogen) atoms. The van der Waals surface area contributed by atoms with Crippen LogP contribution in [0.15, 0.2) is 83.7 Å². The zero-order valence-electron chi connectivity index (χ0n) is 15.5. The Hall–Kier alpha value is -3.78. The van der Waals surface area contributed by atoms with Crippen LogP contribution in [0.3, 0.4) is 0 Å². The third-order valence-electron chi connectivity index (χ3n) is 4.03. The molecule has 0 radical (unpaired) electrons. The first-order chi connectivity index (χ1) is 14.6. The van der Waals surface area contributed by atoms with E-state index in [0.29, 0.717) is 34.3 Å². The number of carbonyl (C=O) groups is 1. The summed E-state index contributed by atoms with van der Waals surface area (Å²) in [5.74, 6) is 1.25. The second-order valence-corrected chi connectivity index (χ2v) is 7.16. The van der Waals surface area contributed by atoms with E-state index in [4.69, 9.17) is 4.74 Å². The fraction of sp³-hybridized carbons (Fsp3) is 0. The molecule has 0 aliphatic heterocycles. The molecule has 0 unspecified atom stereocenters. The molecule has 7 nitrogen and oxygen atoms in total. The van der Waals surface area contributed by atoms with Gasteiger partial charge in [-0.05, 0) is 36.4 Å². The number of phenols is 1. The van der Waals surface area contributed by atoms with E-state index >= 15 is 0 Å². The van der Waals surface area contributed by atoms with Crippen molar-refractivity contribution in [2.45, 2.75) is 0 Å². The highest BCUT2D eigenvalue weighted by molar-refractivity contribution is 9.10. The van der Waals surface area contributed by atoms with Crippen LogP contribution in [0.25, 0.3) is 11.4 Å². The van der Waals surface area contributed by atoms with Crippen LogP contribution in [-0.2, 0) is 0 Å². The monoisotopic (exact) mass is 462 g/mol. The van der Waals surface area contributed by atoms with Gasteiger partial charge in [-0.25, -0.2) is 15.0 Å². The maximum Gasteiger partial charge on any atom is 0.257 e. The molecule has 0 saturated carbocycles. The molecule has 8 heteroatoms. The molecule has 0 atom stereocenters. The smallest absolute Gasteiger partial charge is 0.257 e. The number of benzene rings is 2. The molecule has 4 aromatic rings. The highest BCUT2D eigenvalue weighted by Crippen LogP contribution is 2.23. The Morgan fingerprint density at radius 3 is 2.43 bits per heavy atom. The van der Waals surface area contributed by atoms with Crippen molar-refractivity contribution in [2.75, 3.05) is 5.32 Å². The van der Waals surface area contributed by atoms with Gasteiger partial charge in [-0.1, -0.05) is 34.1 Å². The van der Waals surface area contributed by atoms with Gasteiger partial charge in [-0.2, -0.15) is 0 Å². The van der Waals surface area contributed by atoms with E-state index in [1.165, 1.54) is 18.6 Å². The summed E-state index contributed by atoms with van der Waals surface area (Å²) in [6.07, 6.45) is 4.44. The van der Waals surface area contributed by atoms with Gasteiger partial charge in [0.15, 0.2) is 5.82 Å². The molecule has 0 aliphatic carbocycles. The topological polar surface area (TPSA) is 97.2 Å². The van der Waals surface area contributed by atoms with Crippen molar-refractivity contribution in [1.82, 2.24) is 15.0 Å². The third-order valence-corrected chi connectivity index (χ3v) is 4.52. The molecule has 0 bridgehead atoms. The van der Waals surface area contributed by atoms with Crippen molar-refractivity contribution in [3.8, 4) is 28.8 Å². The minimum atomic E-state index is -0.342. The Labute approximate surface area is 180 Å². The van der Waals surface area contributed by atoms with Crippen LogP contribution >= 0.6 is 15.9 Å². The van der Waals surface area contributed by atoms with Gasteiger partial charge in [0, 0.05) is 22.3 Å². The van der Waals surface area contributed by atoms with Crippen LogP contribution in [0.2, 0.25) is 0 Å². The average molecular weight is 463 g/mol. The van der Waals surface area contributed by atoms with Crippen molar-refractivity contribution in [3.05, 3.63) is 89.3 Å². The second kappa shape index (κ2) is 8.71. The average Bonchev–Trinajstić information content (AvgIpc) is 2.75. The first kappa shape index (κ1) is 19.5. The van der Waals surface area contributed by atoms with Crippen molar-refractivity contribution >= 4 is 27.5 Å². The Kier molecular flexibility index (Phi) is 5.67. The number of aromatic hydroxyl groups is 1. The molecule has 4 rings (SSSR count). The van der Waals surface area contributed by atoms with Crippen LogP contribution in [0.4, 0.5) is 5.69 Å². The number of nitrogens with zero attached hydrogens (tertiary/aromatic N) is 3. The summed E-state index contributed by atoms with van der Waals surface area (Å²) < 4.78 is 6.56. The first-order valence-electron chi connectivity index (χ1n) is 8.89. The van der Waals surface area contributed by atoms with Crippen molar-refractivity contribution in [3.63, 3.8) is 0 Å². The lowest BCUT2D eigenvalue weighted by molar-refractivity contribution is 0.102. The van der Waals surface area contributed by atoms with E-state index in [1.54, 1.807) is 36.4 Å². The Morgan fingerprint density at radius 1 is 0.933 bits per heavy atom. The second-order valence-electron chi connectivity index (χ2n) is 6.24. The van der Waals surface area contributed by atoms with Crippen LogP contribution in [0.5, 0.6) is 17.4 Å². The summed E-state index contributed by atoms with van der Waals surface area (Å²) >= 11 is 3.38. The zero-order chi connectivity index (χ0) is 20.9. The van der Waals surface area contributed by atoms with Gasteiger partial charge >= 0.3 is 0 Å². The summed E-state index contributed by atoms with van der Waals surface area (Å²) in [7, 11) is 0. The standard InChI is InChI=1S/C22H15BrN4O3/c23-16-4-2-6-19(10-16)30-20-8-7-15(11-24-20)22(29)27-17-12-25-21(26-13-17)14-3-1-5-18(28)9-14/h1-13,28H,(H,27,29). The highest BCUT2D eigenvalue weighted by atomic mass is 79.9. The molecule has 0 spiro atoms. The quantitative estimate of drug-likeness (QED) is 0.430. The summed E-state index contributed by atoms with van der Waals surface area (Å²) in [6, 6.07) is 17.3. The number of hydrogen-bond donors (Lipinski definition) is 2.